The molecule has 1 aromatic heterocycles. The van der Waals surface area contributed by atoms with Crippen molar-refractivity contribution in [3.8, 4) is 11.5 Å². The number of aliphatic hydroxyl groups is 1. The summed E-state index contributed by atoms with van der Waals surface area (Å²) in [6, 6.07) is 7.23. The molecule has 0 fully saturated rings. The Kier molecular flexibility index (Phi) is 5.70. The molecule has 0 saturated heterocycles. The minimum atomic E-state index is -0.860. The van der Waals surface area contributed by atoms with E-state index in [9.17, 15) is 14.7 Å². The molecule has 0 radical (unpaired) electrons. The van der Waals surface area contributed by atoms with Crippen LogP contribution >= 0.6 is 0 Å². The number of hydrogen-bond donors (Lipinski definition) is 1. The average Bonchev–Trinajstić information content (AvgIpc) is 3.33. The average molecular weight is 387 g/mol. The lowest BCUT2D eigenvalue weighted by Gasteiger charge is -2.27. The first-order valence-corrected chi connectivity index (χ1v) is 8.56. The largest absolute Gasteiger partial charge is 0.503 e. The molecule has 0 spiro atoms. The van der Waals surface area contributed by atoms with Gasteiger partial charge in [-0.1, -0.05) is 0 Å². The monoisotopic (exact) mass is 387 g/mol. The van der Waals surface area contributed by atoms with Crippen molar-refractivity contribution >= 4 is 11.7 Å². The topological polar surface area (TPSA) is 98.4 Å². The molecular weight excluding hydrogens is 366 g/mol. The number of ketones is 1. The van der Waals surface area contributed by atoms with Gasteiger partial charge in [-0.05, 0) is 24.3 Å². The Bertz CT molecular complexity index is 901. The number of aliphatic hydroxyl groups excluding tert-OH is 1. The zero-order valence-electron chi connectivity index (χ0n) is 15.8. The molecule has 148 valence electrons. The number of rotatable bonds is 8. The Morgan fingerprint density at radius 3 is 2.61 bits per heavy atom. The number of ether oxygens (including phenoxy) is 3. The van der Waals surface area contributed by atoms with Crippen LogP contribution < -0.4 is 9.47 Å². The normalized spacial score (nSPS) is 16.6. The van der Waals surface area contributed by atoms with Crippen LogP contribution in [-0.2, 0) is 9.53 Å². The van der Waals surface area contributed by atoms with Gasteiger partial charge in [0.25, 0.3) is 5.91 Å². The summed E-state index contributed by atoms with van der Waals surface area (Å²) < 4.78 is 20.9. The Morgan fingerprint density at radius 1 is 1.21 bits per heavy atom. The molecule has 0 saturated carbocycles. The first-order chi connectivity index (χ1) is 13.5. The number of carbonyl (C=O) groups is 2. The minimum absolute atomic E-state index is 0.0282. The van der Waals surface area contributed by atoms with Crippen molar-refractivity contribution in [3.63, 3.8) is 0 Å². The summed E-state index contributed by atoms with van der Waals surface area (Å²) in [5.74, 6) is -0.839. The van der Waals surface area contributed by atoms with Crippen LogP contribution in [0.25, 0.3) is 0 Å². The van der Waals surface area contributed by atoms with Gasteiger partial charge in [0.15, 0.2) is 11.5 Å². The SMILES string of the molecule is COCCN1C(=O)C(O)=C(C(=O)c2ccco2)C1c1ccc(OC)cc1OC. The number of carbonyl (C=O) groups excluding carboxylic acids is 2. The molecule has 1 amide bonds. The van der Waals surface area contributed by atoms with E-state index in [0.717, 1.165) is 0 Å². The number of amides is 1. The van der Waals surface area contributed by atoms with Crippen molar-refractivity contribution in [2.24, 2.45) is 0 Å². The Balaban J connectivity index is 2.14. The van der Waals surface area contributed by atoms with Crippen molar-refractivity contribution in [2.75, 3.05) is 34.5 Å². The van der Waals surface area contributed by atoms with E-state index in [0.29, 0.717) is 17.1 Å². The van der Waals surface area contributed by atoms with Crippen LogP contribution in [0.15, 0.2) is 52.3 Å². The van der Waals surface area contributed by atoms with E-state index < -0.39 is 23.5 Å². The second-order valence-corrected chi connectivity index (χ2v) is 6.07. The number of nitrogens with zero attached hydrogens (tertiary/aromatic N) is 1. The third-order valence-electron chi connectivity index (χ3n) is 4.56. The number of hydrogen-bond acceptors (Lipinski definition) is 7. The zero-order chi connectivity index (χ0) is 20.3. The Labute approximate surface area is 161 Å². The third-order valence-corrected chi connectivity index (χ3v) is 4.56. The highest BCUT2D eigenvalue weighted by Gasteiger charge is 2.45. The highest BCUT2D eigenvalue weighted by molar-refractivity contribution is 6.15. The van der Waals surface area contributed by atoms with Gasteiger partial charge in [0.1, 0.15) is 11.5 Å². The lowest BCUT2D eigenvalue weighted by molar-refractivity contribution is -0.130. The Morgan fingerprint density at radius 2 is 2.00 bits per heavy atom. The van der Waals surface area contributed by atoms with E-state index >= 15 is 0 Å². The van der Waals surface area contributed by atoms with Crippen LogP contribution in [0.5, 0.6) is 11.5 Å². The van der Waals surface area contributed by atoms with Crippen molar-refractivity contribution in [1.29, 1.82) is 0 Å². The van der Waals surface area contributed by atoms with Crippen LogP contribution in [0, 0.1) is 0 Å². The van der Waals surface area contributed by atoms with Crippen LogP contribution in [-0.4, -0.2) is 56.2 Å². The summed E-state index contributed by atoms with van der Waals surface area (Å²) >= 11 is 0. The van der Waals surface area contributed by atoms with Gasteiger partial charge in [0.2, 0.25) is 5.78 Å². The summed E-state index contributed by atoms with van der Waals surface area (Å²) in [5.41, 5.74) is 0.464. The molecule has 1 aliphatic heterocycles. The second-order valence-electron chi connectivity index (χ2n) is 6.07. The molecule has 28 heavy (non-hydrogen) atoms. The van der Waals surface area contributed by atoms with Gasteiger partial charge < -0.3 is 28.6 Å². The third kappa shape index (κ3) is 3.34. The first kappa shape index (κ1) is 19.5. The van der Waals surface area contributed by atoms with Crippen molar-refractivity contribution in [3.05, 3.63) is 59.3 Å². The van der Waals surface area contributed by atoms with Crippen LogP contribution in [0.1, 0.15) is 22.2 Å². The smallest absolute Gasteiger partial charge is 0.290 e. The molecule has 1 aromatic carbocycles. The molecule has 0 aliphatic carbocycles. The molecule has 1 aliphatic rings. The fourth-order valence-corrected chi connectivity index (χ4v) is 3.21. The molecule has 8 heteroatoms. The van der Waals surface area contributed by atoms with E-state index in [-0.39, 0.29) is 24.5 Å². The summed E-state index contributed by atoms with van der Waals surface area (Å²) in [6.45, 7) is 0.407. The summed E-state index contributed by atoms with van der Waals surface area (Å²) in [5, 5.41) is 10.5. The number of Topliss-reactive ketones (excluding diaryl/α,β-unsaturated/α-hetero) is 1. The van der Waals surface area contributed by atoms with E-state index in [4.69, 9.17) is 18.6 Å². The summed E-state index contributed by atoms with van der Waals surface area (Å²) in [7, 11) is 4.51. The quantitative estimate of drug-likeness (QED) is 0.695. The number of benzene rings is 1. The van der Waals surface area contributed by atoms with Gasteiger partial charge in [0.05, 0.1) is 38.7 Å². The van der Waals surface area contributed by atoms with Gasteiger partial charge in [-0.25, -0.2) is 0 Å². The molecule has 1 unspecified atom stereocenters. The molecule has 0 bridgehead atoms. The maximum absolute atomic E-state index is 13.0. The molecule has 1 atom stereocenters. The lowest BCUT2D eigenvalue weighted by atomic mass is 9.94. The van der Waals surface area contributed by atoms with Gasteiger partial charge >= 0.3 is 0 Å². The highest BCUT2D eigenvalue weighted by Crippen LogP contribution is 2.43. The standard InChI is InChI=1S/C20H21NO7/c1-25-10-8-21-17(13-7-6-12(26-2)11-15(13)27-3)16(19(23)20(21)24)18(22)14-5-4-9-28-14/h4-7,9,11,17,23H,8,10H2,1-3H3. The fraction of sp³-hybridized carbons (Fsp3) is 0.300. The number of methoxy groups -OCH3 is 3. The lowest BCUT2D eigenvalue weighted by Crippen LogP contribution is -2.34. The molecule has 3 rings (SSSR count). The predicted octanol–water partition coefficient (Wildman–Crippen LogP) is 2.52. The molecule has 2 aromatic rings. The van der Waals surface area contributed by atoms with Gasteiger partial charge in [0, 0.05) is 25.3 Å². The maximum atomic E-state index is 13.0. The van der Waals surface area contributed by atoms with Crippen LogP contribution in [0.2, 0.25) is 0 Å². The fourth-order valence-electron chi connectivity index (χ4n) is 3.21. The van der Waals surface area contributed by atoms with E-state index in [1.807, 2.05) is 0 Å². The van der Waals surface area contributed by atoms with Gasteiger partial charge in [-0.15, -0.1) is 0 Å². The van der Waals surface area contributed by atoms with E-state index in [1.165, 1.54) is 38.6 Å². The van der Waals surface area contributed by atoms with Crippen molar-refractivity contribution in [2.45, 2.75) is 6.04 Å². The molecular formula is C20H21NO7. The zero-order valence-corrected chi connectivity index (χ0v) is 15.8. The Hall–Kier alpha value is -3.26. The molecule has 1 N–H and O–H groups in total. The second kappa shape index (κ2) is 8.18. The van der Waals surface area contributed by atoms with Gasteiger partial charge in [-0.3, -0.25) is 9.59 Å². The maximum Gasteiger partial charge on any atom is 0.290 e. The van der Waals surface area contributed by atoms with Crippen molar-refractivity contribution < 1.29 is 33.3 Å². The highest BCUT2D eigenvalue weighted by atomic mass is 16.5. The van der Waals surface area contributed by atoms with E-state index in [1.54, 1.807) is 24.3 Å². The van der Waals surface area contributed by atoms with Gasteiger partial charge in [-0.2, -0.15) is 0 Å². The minimum Gasteiger partial charge on any atom is -0.503 e. The molecule has 2 heterocycles. The summed E-state index contributed by atoms with van der Waals surface area (Å²) in [4.78, 5) is 27.1. The van der Waals surface area contributed by atoms with Crippen molar-refractivity contribution in [1.82, 2.24) is 4.90 Å². The number of furan rings is 1. The van der Waals surface area contributed by atoms with Crippen LogP contribution in [0.3, 0.4) is 0 Å². The van der Waals surface area contributed by atoms with E-state index in [2.05, 4.69) is 0 Å². The van der Waals surface area contributed by atoms with Crippen LogP contribution in [0.4, 0.5) is 0 Å². The molecule has 8 nitrogen and oxygen atoms in total. The summed E-state index contributed by atoms with van der Waals surface area (Å²) in [6.07, 6.45) is 1.35. The predicted molar refractivity (Wildman–Crippen MR) is 98.6 cm³/mol. The first-order valence-electron chi connectivity index (χ1n) is 8.56.